The molecule has 4 rings (SSSR count). The van der Waals surface area contributed by atoms with E-state index in [2.05, 4.69) is 20.1 Å². The van der Waals surface area contributed by atoms with Crippen LogP contribution in [0.2, 0.25) is 0 Å². The Labute approximate surface area is 137 Å². The lowest BCUT2D eigenvalue weighted by Gasteiger charge is -2.19. The average molecular weight is 332 g/mol. The van der Waals surface area contributed by atoms with Gasteiger partial charge in [0.1, 0.15) is 11.3 Å². The Morgan fingerprint density at radius 2 is 2.21 bits per heavy atom. The van der Waals surface area contributed by atoms with E-state index in [0.717, 1.165) is 6.42 Å². The molecule has 0 spiro atoms. The minimum absolute atomic E-state index is 0.0529. The number of halogens is 1. The molecule has 0 saturated carbocycles. The van der Waals surface area contributed by atoms with Gasteiger partial charge in [0.25, 0.3) is 0 Å². The first kappa shape index (κ1) is 15.2. The normalized spacial score (nSPS) is 21.8. The maximum Gasteiger partial charge on any atom is 0.233 e. The van der Waals surface area contributed by atoms with E-state index in [1.54, 1.807) is 20.1 Å². The highest BCUT2D eigenvalue weighted by Crippen LogP contribution is 2.34. The smallest absolute Gasteiger partial charge is 0.233 e. The lowest BCUT2D eigenvalue weighted by Crippen LogP contribution is -2.25. The number of benzene rings is 1. The van der Waals surface area contributed by atoms with Gasteiger partial charge < -0.3 is 13.6 Å². The summed E-state index contributed by atoms with van der Waals surface area (Å²) in [7, 11) is 1.69. The maximum absolute atomic E-state index is 13.3. The topological polar surface area (TPSA) is 77.4 Å². The van der Waals surface area contributed by atoms with Gasteiger partial charge in [-0.25, -0.2) is 9.37 Å². The number of rotatable bonds is 4. The Hall–Kier alpha value is -2.32. The van der Waals surface area contributed by atoms with Gasteiger partial charge in [0, 0.05) is 26.6 Å². The number of aryl methyl sites for hydroxylation is 1. The monoisotopic (exact) mass is 332 g/mol. The fourth-order valence-corrected chi connectivity index (χ4v) is 3.10. The van der Waals surface area contributed by atoms with Crippen LogP contribution in [-0.2, 0) is 11.3 Å². The predicted octanol–water partition coefficient (Wildman–Crippen LogP) is 2.62. The van der Waals surface area contributed by atoms with E-state index >= 15 is 0 Å². The van der Waals surface area contributed by atoms with Crippen LogP contribution < -0.4 is 0 Å². The molecule has 0 N–H and O–H groups in total. The molecule has 3 aromatic rings. The number of hydrogen-bond donors (Lipinski definition) is 0. The molecule has 1 fully saturated rings. The summed E-state index contributed by atoms with van der Waals surface area (Å²) in [6, 6.07) is 4.27. The van der Waals surface area contributed by atoms with Gasteiger partial charge in [-0.2, -0.15) is 0 Å². The van der Waals surface area contributed by atoms with E-state index in [1.807, 2.05) is 0 Å². The SMILES string of the molecule is CO[C@@H]1C[C@H](c2nnc(C)o2)N(Cc2nc3ccc(F)cc3o2)C1. The Morgan fingerprint density at radius 1 is 1.33 bits per heavy atom. The largest absolute Gasteiger partial charge is 0.439 e. The number of oxazole rings is 1. The highest BCUT2D eigenvalue weighted by molar-refractivity contribution is 5.72. The second kappa shape index (κ2) is 5.95. The van der Waals surface area contributed by atoms with E-state index in [4.69, 9.17) is 13.6 Å². The first-order valence-corrected chi connectivity index (χ1v) is 7.74. The van der Waals surface area contributed by atoms with Crippen molar-refractivity contribution in [2.45, 2.75) is 32.0 Å². The molecule has 0 amide bonds. The first-order valence-electron chi connectivity index (χ1n) is 7.74. The molecular weight excluding hydrogens is 315 g/mol. The van der Waals surface area contributed by atoms with Crippen LogP contribution in [0.4, 0.5) is 4.39 Å². The predicted molar refractivity (Wildman–Crippen MR) is 81.6 cm³/mol. The average Bonchev–Trinajstić information content (AvgIpc) is 3.25. The molecule has 0 aliphatic carbocycles. The van der Waals surface area contributed by atoms with E-state index in [1.165, 1.54) is 12.1 Å². The standard InChI is InChI=1S/C16H17FN4O3/c1-9-19-20-16(23-9)13-6-11(22-2)7-21(13)8-15-18-12-4-3-10(17)5-14(12)24-15/h3-5,11,13H,6-8H2,1-2H3/t11-,13-/m1/s1. The van der Waals surface area contributed by atoms with Crippen molar-refractivity contribution in [3.05, 3.63) is 41.7 Å². The molecule has 1 saturated heterocycles. The summed E-state index contributed by atoms with van der Waals surface area (Å²) < 4.78 is 30.0. The first-order chi connectivity index (χ1) is 11.6. The van der Waals surface area contributed by atoms with Crippen molar-refractivity contribution in [1.82, 2.24) is 20.1 Å². The van der Waals surface area contributed by atoms with Crippen molar-refractivity contribution in [3.8, 4) is 0 Å². The lowest BCUT2D eigenvalue weighted by molar-refractivity contribution is 0.106. The van der Waals surface area contributed by atoms with Gasteiger partial charge >= 0.3 is 0 Å². The van der Waals surface area contributed by atoms with Crippen molar-refractivity contribution < 1.29 is 18.0 Å². The Kier molecular flexibility index (Phi) is 3.78. The second-order valence-electron chi connectivity index (χ2n) is 5.92. The number of aromatic nitrogens is 3. The molecule has 3 heterocycles. The van der Waals surface area contributed by atoms with Crippen molar-refractivity contribution in [1.29, 1.82) is 0 Å². The zero-order valence-electron chi connectivity index (χ0n) is 13.4. The van der Waals surface area contributed by atoms with Gasteiger partial charge in [0.15, 0.2) is 5.58 Å². The fraction of sp³-hybridized carbons (Fsp3) is 0.438. The Morgan fingerprint density at radius 3 is 2.96 bits per heavy atom. The van der Waals surface area contributed by atoms with Crippen LogP contribution in [0.5, 0.6) is 0 Å². The maximum atomic E-state index is 13.3. The second-order valence-corrected chi connectivity index (χ2v) is 5.92. The van der Waals surface area contributed by atoms with Crippen molar-refractivity contribution >= 4 is 11.1 Å². The third-order valence-corrected chi connectivity index (χ3v) is 4.26. The van der Waals surface area contributed by atoms with Crippen molar-refractivity contribution in [3.63, 3.8) is 0 Å². The van der Waals surface area contributed by atoms with E-state index in [9.17, 15) is 4.39 Å². The zero-order valence-corrected chi connectivity index (χ0v) is 13.4. The molecule has 2 atom stereocenters. The van der Waals surface area contributed by atoms with Crippen molar-refractivity contribution in [2.75, 3.05) is 13.7 Å². The van der Waals surface area contributed by atoms with Crippen LogP contribution in [-0.4, -0.2) is 39.8 Å². The third kappa shape index (κ3) is 2.78. The van der Waals surface area contributed by atoms with E-state index in [0.29, 0.717) is 41.9 Å². The van der Waals surface area contributed by atoms with Gasteiger partial charge in [-0.15, -0.1) is 10.2 Å². The molecule has 1 aromatic carbocycles. The molecule has 0 bridgehead atoms. The molecule has 24 heavy (non-hydrogen) atoms. The summed E-state index contributed by atoms with van der Waals surface area (Å²) >= 11 is 0. The van der Waals surface area contributed by atoms with Gasteiger partial charge in [0.05, 0.1) is 18.7 Å². The molecule has 126 valence electrons. The van der Waals surface area contributed by atoms with Gasteiger partial charge in [-0.1, -0.05) is 0 Å². The minimum atomic E-state index is -0.343. The Bertz CT molecular complexity index is 862. The zero-order chi connectivity index (χ0) is 16.7. The molecule has 1 aliphatic rings. The lowest BCUT2D eigenvalue weighted by atomic mass is 10.2. The van der Waals surface area contributed by atoms with E-state index < -0.39 is 0 Å². The summed E-state index contributed by atoms with van der Waals surface area (Å²) in [6.45, 7) is 2.93. The molecular formula is C16H17FN4O3. The van der Waals surface area contributed by atoms with Gasteiger partial charge in [-0.05, 0) is 18.6 Å². The van der Waals surface area contributed by atoms with Crippen LogP contribution >= 0.6 is 0 Å². The van der Waals surface area contributed by atoms with Crippen LogP contribution in [0.15, 0.2) is 27.0 Å². The fourth-order valence-electron chi connectivity index (χ4n) is 3.10. The molecule has 2 aromatic heterocycles. The number of fused-ring (bicyclic) bond motifs is 1. The number of likely N-dealkylation sites (tertiary alicyclic amines) is 1. The molecule has 0 radical (unpaired) electrons. The van der Waals surface area contributed by atoms with Gasteiger partial charge in [0.2, 0.25) is 17.7 Å². The Balaban J connectivity index is 1.60. The summed E-state index contributed by atoms with van der Waals surface area (Å²) in [4.78, 5) is 6.55. The van der Waals surface area contributed by atoms with Crippen LogP contribution in [0.1, 0.15) is 30.1 Å². The van der Waals surface area contributed by atoms with E-state index in [-0.39, 0.29) is 18.0 Å². The van der Waals surface area contributed by atoms with Crippen molar-refractivity contribution in [2.24, 2.45) is 0 Å². The van der Waals surface area contributed by atoms with Crippen LogP contribution in [0, 0.1) is 12.7 Å². The third-order valence-electron chi connectivity index (χ3n) is 4.26. The summed E-state index contributed by atoms with van der Waals surface area (Å²) in [5, 5.41) is 8.03. The molecule has 8 heteroatoms. The summed E-state index contributed by atoms with van der Waals surface area (Å²) in [5.74, 6) is 1.27. The van der Waals surface area contributed by atoms with Gasteiger partial charge in [-0.3, -0.25) is 4.90 Å². The number of ether oxygens (including phenoxy) is 1. The number of methoxy groups -OCH3 is 1. The molecule has 1 aliphatic heterocycles. The summed E-state index contributed by atoms with van der Waals surface area (Å²) in [5.41, 5.74) is 1.08. The minimum Gasteiger partial charge on any atom is -0.439 e. The molecule has 0 unspecified atom stereocenters. The highest BCUT2D eigenvalue weighted by Gasteiger charge is 2.37. The van der Waals surface area contributed by atoms with Crippen LogP contribution in [0.25, 0.3) is 11.1 Å². The highest BCUT2D eigenvalue weighted by atomic mass is 19.1. The summed E-state index contributed by atoms with van der Waals surface area (Å²) in [6.07, 6.45) is 0.830. The van der Waals surface area contributed by atoms with Crippen LogP contribution in [0.3, 0.4) is 0 Å². The number of nitrogens with zero attached hydrogens (tertiary/aromatic N) is 4. The molecule has 7 nitrogen and oxygen atoms in total. The quantitative estimate of drug-likeness (QED) is 0.727. The number of hydrogen-bond acceptors (Lipinski definition) is 7.